The molecule has 0 saturated carbocycles. The number of nitrogens with one attached hydrogen (secondary N) is 1. The van der Waals surface area contributed by atoms with Crippen LogP contribution in [0.4, 0.5) is 10.1 Å². The second kappa shape index (κ2) is 12.1. The highest BCUT2D eigenvalue weighted by atomic mass is 35.5. The van der Waals surface area contributed by atoms with E-state index in [9.17, 15) is 17.6 Å². The maximum atomic E-state index is 13.2. The summed E-state index contributed by atoms with van der Waals surface area (Å²) in [5.41, 5.74) is 1.39. The molecule has 0 fully saturated rings. The minimum absolute atomic E-state index is 0.102. The summed E-state index contributed by atoms with van der Waals surface area (Å²) in [6.07, 6.45) is 0.726. The molecule has 0 spiro atoms. The van der Waals surface area contributed by atoms with Gasteiger partial charge in [-0.2, -0.15) is 11.8 Å². The van der Waals surface area contributed by atoms with E-state index in [0.29, 0.717) is 17.3 Å². The maximum Gasteiger partial charge on any atom is 0.264 e. The van der Waals surface area contributed by atoms with E-state index in [1.807, 2.05) is 0 Å². The van der Waals surface area contributed by atoms with Gasteiger partial charge in [0.2, 0.25) is 5.91 Å². The lowest BCUT2D eigenvalue weighted by molar-refractivity contribution is -0.119. The van der Waals surface area contributed by atoms with E-state index >= 15 is 0 Å². The maximum absolute atomic E-state index is 13.2. The molecule has 0 saturated heterocycles. The van der Waals surface area contributed by atoms with E-state index in [1.54, 1.807) is 66.4 Å². The van der Waals surface area contributed by atoms with Gasteiger partial charge in [0, 0.05) is 17.3 Å². The number of nitrogens with zero attached hydrogens (tertiary/aromatic N) is 1. The third-order valence-corrected chi connectivity index (χ3v) is 7.86. The highest BCUT2D eigenvalue weighted by molar-refractivity contribution is 7.98. The summed E-state index contributed by atoms with van der Waals surface area (Å²) in [6.45, 7) is 0.0800. The lowest BCUT2D eigenvalue weighted by Gasteiger charge is -2.24. The predicted octanol–water partition coefficient (Wildman–Crippen LogP) is 5.11. The average Bonchev–Trinajstić information content (AvgIpc) is 2.82. The zero-order valence-electron chi connectivity index (χ0n) is 17.8. The molecule has 174 valence electrons. The molecule has 5 nitrogen and oxygen atoms in total. The number of hydrogen-bond donors (Lipinski definition) is 1. The van der Waals surface area contributed by atoms with Gasteiger partial charge >= 0.3 is 0 Å². The van der Waals surface area contributed by atoms with Crippen LogP contribution in [0.2, 0.25) is 5.02 Å². The average molecular weight is 507 g/mol. The molecule has 0 unspecified atom stereocenters. The van der Waals surface area contributed by atoms with Gasteiger partial charge in [-0.25, -0.2) is 12.8 Å². The minimum Gasteiger partial charge on any atom is -0.354 e. The van der Waals surface area contributed by atoms with Crippen LogP contribution in [-0.2, 0) is 20.6 Å². The fraction of sp³-hybridized carbons (Fsp3) is 0.208. The van der Waals surface area contributed by atoms with E-state index in [2.05, 4.69) is 5.32 Å². The van der Waals surface area contributed by atoms with Crippen LogP contribution in [0.15, 0.2) is 83.8 Å². The third kappa shape index (κ3) is 7.48. The summed E-state index contributed by atoms with van der Waals surface area (Å²) in [6, 6.07) is 20.7. The summed E-state index contributed by atoms with van der Waals surface area (Å²) < 4.78 is 40.4. The molecule has 0 bridgehead atoms. The minimum atomic E-state index is -3.94. The number of halogens is 2. The fourth-order valence-electron chi connectivity index (χ4n) is 3.00. The Morgan fingerprint density at radius 2 is 1.64 bits per heavy atom. The van der Waals surface area contributed by atoms with Gasteiger partial charge in [-0.15, -0.1) is 0 Å². The van der Waals surface area contributed by atoms with Crippen molar-refractivity contribution in [2.24, 2.45) is 0 Å². The van der Waals surface area contributed by atoms with Crippen molar-refractivity contribution in [2.45, 2.75) is 17.1 Å². The molecule has 3 rings (SSSR count). The number of benzene rings is 3. The lowest BCUT2D eigenvalue weighted by Crippen LogP contribution is -2.41. The van der Waals surface area contributed by atoms with Crippen LogP contribution < -0.4 is 9.62 Å². The lowest BCUT2D eigenvalue weighted by atomic mass is 10.2. The van der Waals surface area contributed by atoms with Crippen LogP contribution >= 0.6 is 23.4 Å². The molecule has 0 aliphatic carbocycles. The first-order valence-corrected chi connectivity index (χ1v) is 13.3. The van der Waals surface area contributed by atoms with Crippen molar-refractivity contribution in [2.75, 3.05) is 23.1 Å². The van der Waals surface area contributed by atoms with E-state index in [0.717, 1.165) is 27.8 Å². The molecule has 1 N–H and O–H groups in total. The van der Waals surface area contributed by atoms with Crippen molar-refractivity contribution in [3.8, 4) is 0 Å². The summed E-state index contributed by atoms with van der Waals surface area (Å²) in [4.78, 5) is 12.7. The monoisotopic (exact) mass is 506 g/mol. The number of rotatable bonds is 11. The van der Waals surface area contributed by atoms with Crippen molar-refractivity contribution >= 4 is 45.0 Å². The zero-order chi connectivity index (χ0) is 23.7. The van der Waals surface area contributed by atoms with E-state index in [-0.39, 0.29) is 17.3 Å². The summed E-state index contributed by atoms with van der Waals surface area (Å²) >= 11 is 7.63. The normalized spacial score (nSPS) is 11.2. The quantitative estimate of drug-likeness (QED) is 0.367. The molecule has 0 atom stereocenters. The molecule has 0 aliphatic heterocycles. The van der Waals surface area contributed by atoms with Gasteiger partial charge in [-0.3, -0.25) is 9.10 Å². The molecule has 0 radical (unpaired) electrons. The number of thioether (sulfide) groups is 1. The van der Waals surface area contributed by atoms with E-state index in [1.165, 1.54) is 24.3 Å². The third-order valence-electron chi connectivity index (χ3n) is 4.70. The standard InChI is InChI=1S/C24H24ClFN2O3S2/c25-20-9-13-22(14-10-20)28(33(30,31)23-5-2-1-3-6-23)17-24(29)27-15-4-16-32-18-19-7-11-21(26)12-8-19/h1-3,5-14H,4,15-18H2,(H,27,29). The predicted molar refractivity (Wildman–Crippen MR) is 133 cm³/mol. The van der Waals surface area contributed by atoms with Crippen LogP contribution in [0, 0.1) is 5.82 Å². The van der Waals surface area contributed by atoms with Gasteiger partial charge in [-0.1, -0.05) is 41.9 Å². The topological polar surface area (TPSA) is 66.5 Å². The van der Waals surface area contributed by atoms with Crippen molar-refractivity contribution in [1.29, 1.82) is 0 Å². The Kier molecular flexibility index (Phi) is 9.17. The van der Waals surface area contributed by atoms with Gasteiger partial charge in [0.15, 0.2) is 0 Å². The van der Waals surface area contributed by atoms with Crippen LogP contribution in [0.25, 0.3) is 0 Å². The zero-order valence-corrected chi connectivity index (χ0v) is 20.2. The van der Waals surface area contributed by atoms with Crippen LogP contribution in [0.3, 0.4) is 0 Å². The van der Waals surface area contributed by atoms with E-state index < -0.39 is 15.9 Å². The molecule has 1 amide bonds. The van der Waals surface area contributed by atoms with Crippen LogP contribution in [0.1, 0.15) is 12.0 Å². The Labute approximate surface area is 203 Å². The SMILES string of the molecule is O=C(CN(c1ccc(Cl)cc1)S(=O)(=O)c1ccccc1)NCCCSCc1ccc(F)cc1. The Morgan fingerprint density at radius 1 is 0.970 bits per heavy atom. The second-order valence-corrected chi connectivity index (χ2v) is 10.6. The van der Waals surface area contributed by atoms with Gasteiger partial charge in [0.25, 0.3) is 10.0 Å². The Balaban J connectivity index is 1.55. The smallest absolute Gasteiger partial charge is 0.264 e. The Morgan fingerprint density at radius 3 is 2.30 bits per heavy atom. The molecular formula is C24H24ClFN2O3S2. The van der Waals surface area contributed by atoms with Crippen molar-refractivity contribution in [3.63, 3.8) is 0 Å². The number of amides is 1. The van der Waals surface area contributed by atoms with Gasteiger partial charge < -0.3 is 5.32 Å². The van der Waals surface area contributed by atoms with Crippen molar-refractivity contribution < 1.29 is 17.6 Å². The Bertz CT molecular complexity index is 1140. The first-order valence-electron chi connectivity index (χ1n) is 10.3. The largest absolute Gasteiger partial charge is 0.354 e. The molecule has 9 heteroatoms. The van der Waals surface area contributed by atoms with E-state index in [4.69, 9.17) is 11.6 Å². The molecular weight excluding hydrogens is 483 g/mol. The van der Waals surface area contributed by atoms with Crippen LogP contribution in [0.5, 0.6) is 0 Å². The van der Waals surface area contributed by atoms with Gasteiger partial charge in [0.1, 0.15) is 12.4 Å². The van der Waals surface area contributed by atoms with Gasteiger partial charge in [-0.05, 0) is 66.3 Å². The number of carbonyl (C=O) groups excluding carboxylic acids is 1. The number of hydrogen-bond acceptors (Lipinski definition) is 4. The second-order valence-electron chi connectivity index (χ2n) is 7.18. The van der Waals surface area contributed by atoms with Crippen molar-refractivity contribution in [1.82, 2.24) is 5.32 Å². The summed E-state index contributed by atoms with van der Waals surface area (Å²) in [5.74, 6) is 0.913. The molecule has 0 aliphatic rings. The van der Waals surface area contributed by atoms with Crippen LogP contribution in [-0.4, -0.2) is 33.2 Å². The molecule has 0 aromatic heterocycles. The number of carbonyl (C=O) groups is 1. The highest BCUT2D eigenvalue weighted by Crippen LogP contribution is 2.25. The summed E-state index contributed by atoms with van der Waals surface area (Å²) in [5, 5.41) is 3.26. The molecule has 0 heterocycles. The Hall–Kier alpha value is -2.55. The number of anilines is 1. The molecule has 3 aromatic rings. The fourth-order valence-corrected chi connectivity index (χ4v) is 5.49. The summed E-state index contributed by atoms with van der Waals surface area (Å²) in [7, 11) is -3.94. The molecule has 33 heavy (non-hydrogen) atoms. The number of sulfonamides is 1. The first-order chi connectivity index (χ1) is 15.9. The highest BCUT2D eigenvalue weighted by Gasteiger charge is 2.26. The van der Waals surface area contributed by atoms with Gasteiger partial charge in [0.05, 0.1) is 10.6 Å². The molecule has 3 aromatic carbocycles. The first kappa shape index (κ1) is 25.1. The van der Waals surface area contributed by atoms with Crippen molar-refractivity contribution in [3.05, 3.63) is 95.3 Å².